The molecule has 0 saturated heterocycles. The highest BCUT2D eigenvalue weighted by Crippen LogP contribution is 2.60. The van der Waals surface area contributed by atoms with E-state index in [0.717, 1.165) is 0 Å². The van der Waals surface area contributed by atoms with Gasteiger partial charge in [-0.1, -0.05) is 72.8 Å². The lowest BCUT2D eigenvalue weighted by Crippen LogP contribution is -2.68. The smallest absolute Gasteiger partial charge is 0.254 e. The fraction of sp³-hybridized carbons (Fsp3) is 0.143. The van der Waals surface area contributed by atoms with Gasteiger partial charge >= 0.3 is 0 Å². The highest BCUT2D eigenvalue weighted by Gasteiger charge is 2.53. The number of nitrogens with zero attached hydrogens (tertiary/aromatic N) is 6. The molecule has 0 radical (unpaired) electrons. The summed E-state index contributed by atoms with van der Waals surface area (Å²) in [6.07, 6.45) is 0. The summed E-state index contributed by atoms with van der Waals surface area (Å²) in [7, 11) is 13.7. The molecular formula is C49H40B2N6. The summed E-state index contributed by atoms with van der Waals surface area (Å²) < 4.78 is 0. The van der Waals surface area contributed by atoms with Gasteiger partial charge in [0.1, 0.15) is 0 Å². The summed E-state index contributed by atoms with van der Waals surface area (Å²) in [6, 6.07) is 48.3. The molecule has 1 unspecified atom stereocenters. The maximum atomic E-state index is 2.57. The van der Waals surface area contributed by atoms with Crippen molar-refractivity contribution in [3.8, 4) is 0 Å². The largest absolute Gasteiger partial charge is 0.346 e. The van der Waals surface area contributed by atoms with Crippen LogP contribution in [0.25, 0.3) is 0 Å². The van der Waals surface area contributed by atoms with Gasteiger partial charge in [-0.05, 0) is 92.9 Å². The van der Waals surface area contributed by atoms with Gasteiger partial charge in [-0.25, -0.2) is 0 Å². The lowest BCUT2D eigenvalue weighted by atomic mass is 9.29. The molecule has 8 heteroatoms. The molecule has 13 rings (SSSR count). The average molecular weight is 735 g/mol. The third-order valence-corrected chi connectivity index (χ3v) is 14.4. The predicted octanol–water partition coefficient (Wildman–Crippen LogP) is 6.39. The molecule has 0 spiro atoms. The molecule has 1 atom stereocenters. The van der Waals surface area contributed by atoms with Crippen LogP contribution in [0, 0.1) is 0 Å². The van der Waals surface area contributed by atoms with Crippen molar-refractivity contribution in [2.75, 3.05) is 71.7 Å². The second-order valence-corrected chi connectivity index (χ2v) is 16.7. The molecule has 57 heavy (non-hydrogen) atoms. The van der Waals surface area contributed by atoms with E-state index in [9.17, 15) is 0 Å². The zero-order chi connectivity index (χ0) is 38.2. The van der Waals surface area contributed by atoms with Crippen molar-refractivity contribution in [3.05, 3.63) is 144 Å². The van der Waals surface area contributed by atoms with Crippen molar-refractivity contribution in [2.24, 2.45) is 0 Å². The van der Waals surface area contributed by atoms with E-state index in [1.165, 1.54) is 118 Å². The molecule has 6 heterocycles. The van der Waals surface area contributed by atoms with E-state index in [4.69, 9.17) is 0 Å². The van der Waals surface area contributed by atoms with Crippen LogP contribution >= 0.6 is 0 Å². The molecule has 0 N–H and O–H groups in total. The minimum atomic E-state index is 0.0333. The van der Waals surface area contributed by atoms with Gasteiger partial charge in [0.25, 0.3) is 13.4 Å². The quantitative estimate of drug-likeness (QED) is 0.167. The van der Waals surface area contributed by atoms with Gasteiger partial charge in [0, 0.05) is 128 Å². The lowest BCUT2D eigenvalue weighted by Gasteiger charge is -2.52. The molecule has 0 amide bonds. The number of anilines is 12. The Morgan fingerprint density at radius 2 is 0.684 bits per heavy atom. The van der Waals surface area contributed by atoms with Crippen molar-refractivity contribution in [1.29, 1.82) is 0 Å². The molecule has 7 aromatic carbocycles. The van der Waals surface area contributed by atoms with Crippen molar-refractivity contribution in [2.45, 2.75) is 5.92 Å². The van der Waals surface area contributed by atoms with Crippen LogP contribution in [-0.4, -0.2) is 55.7 Å². The molecule has 7 aromatic rings. The van der Waals surface area contributed by atoms with E-state index in [0.29, 0.717) is 0 Å². The number of para-hydroxylation sites is 3. The minimum absolute atomic E-state index is 0.0333. The number of fused-ring (bicyclic) bond motifs is 15. The zero-order valence-corrected chi connectivity index (χ0v) is 33.0. The van der Waals surface area contributed by atoms with Crippen LogP contribution in [0.5, 0.6) is 0 Å². The first-order valence-corrected chi connectivity index (χ1v) is 20.2. The fourth-order valence-corrected chi connectivity index (χ4v) is 12.2. The maximum absolute atomic E-state index is 2.57. The highest BCUT2D eigenvalue weighted by atomic mass is 15.2. The Morgan fingerprint density at radius 1 is 0.316 bits per heavy atom. The summed E-state index contributed by atoms with van der Waals surface area (Å²) in [5.41, 5.74) is 28.0. The van der Waals surface area contributed by atoms with Crippen LogP contribution in [-0.2, 0) is 0 Å². The van der Waals surface area contributed by atoms with Gasteiger partial charge in [0.05, 0.1) is 0 Å². The topological polar surface area (TPSA) is 19.4 Å². The number of hydrogen-bond acceptors (Lipinski definition) is 6. The Balaban J connectivity index is 1.27. The third kappa shape index (κ3) is 3.58. The third-order valence-electron chi connectivity index (χ3n) is 14.4. The molecule has 6 aliphatic rings. The Morgan fingerprint density at radius 3 is 1.23 bits per heavy atom. The molecule has 0 bridgehead atoms. The minimum Gasteiger partial charge on any atom is -0.346 e. The molecule has 0 fully saturated rings. The van der Waals surface area contributed by atoms with Gasteiger partial charge < -0.3 is 29.4 Å². The fourth-order valence-electron chi connectivity index (χ4n) is 12.2. The first kappa shape index (κ1) is 31.6. The molecule has 272 valence electrons. The van der Waals surface area contributed by atoms with E-state index in [-0.39, 0.29) is 19.3 Å². The monoisotopic (exact) mass is 734 g/mol. The Labute approximate surface area is 334 Å². The SMILES string of the molecule is CN1c2ccccc2B2c3c1cccc3N(C)c1c3c(c4c(c12)N(C)c1cccc2c1C4c1ccccc1N2C)N(C)c1cccc2c1B3c1ccccc1N2C. The van der Waals surface area contributed by atoms with Crippen LogP contribution in [0.4, 0.5) is 68.2 Å². The maximum Gasteiger partial charge on any atom is 0.254 e. The summed E-state index contributed by atoms with van der Waals surface area (Å²) in [4.78, 5) is 14.9. The molecule has 0 aromatic heterocycles. The van der Waals surface area contributed by atoms with E-state index in [1.807, 2.05) is 0 Å². The normalized spacial score (nSPS) is 16.8. The Hall–Kier alpha value is -6.53. The zero-order valence-electron chi connectivity index (χ0n) is 33.0. The Bertz CT molecular complexity index is 2640. The van der Waals surface area contributed by atoms with Crippen molar-refractivity contribution < 1.29 is 0 Å². The number of hydrogen-bond donors (Lipinski definition) is 0. The van der Waals surface area contributed by atoms with Crippen molar-refractivity contribution in [1.82, 2.24) is 0 Å². The number of rotatable bonds is 0. The summed E-state index contributed by atoms with van der Waals surface area (Å²) >= 11 is 0. The first-order chi connectivity index (χ1) is 27.9. The summed E-state index contributed by atoms with van der Waals surface area (Å²) in [5, 5.41) is 0. The highest BCUT2D eigenvalue weighted by molar-refractivity contribution is 7.05. The van der Waals surface area contributed by atoms with Crippen molar-refractivity contribution >= 4 is 114 Å². The number of benzene rings is 7. The van der Waals surface area contributed by atoms with Gasteiger partial charge in [-0.3, -0.25) is 0 Å². The molecule has 0 aliphatic carbocycles. The van der Waals surface area contributed by atoms with E-state index < -0.39 is 0 Å². The van der Waals surface area contributed by atoms with E-state index >= 15 is 0 Å². The van der Waals surface area contributed by atoms with Gasteiger partial charge in [0.15, 0.2) is 0 Å². The lowest BCUT2D eigenvalue weighted by molar-refractivity contribution is 0.888. The van der Waals surface area contributed by atoms with Gasteiger partial charge in [-0.15, -0.1) is 0 Å². The van der Waals surface area contributed by atoms with Crippen LogP contribution in [0.15, 0.2) is 127 Å². The van der Waals surface area contributed by atoms with E-state index in [2.05, 4.69) is 199 Å². The Kier molecular flexibility index (Phi) is 5.91. The van der Waals surface area contributed by atoms with E-state index in [1.54, 1.807) is 0 Å². The van der Waals surface area contributed by atoms with Crippen LogP contribution < -0.4 is 62.2 Å². The second kappa shape index (κ2) is 10.6. The van der Waals surface area contributed by atoms with Crippen LogP contribution in [0.2, 0.25) is 0 Å². The predicted molar refractivity (Wildman–Crippen MR) is 244 cm³/mol. The van der Waals surface area contributed by atoms with Gasteiger partial charge in [-0.2, -0.15) is 0 Å². The second-order valence-electron chi connectivity index (χ2n) is 16.7. The molecule has 0 saturated carbocycles. The standard InChI is InChI=1S/C49H40B2N6/c1-52-31-19-10-7-16-28(31)40-41-34(52)22-13-23-35(41)55(4)47-42(40)48-46(50-29-17-8-11-20-32(29)53(2)36-24-14-26-38(43(36)50)56(48)5)49-45(47)51-30-18-9-12-21-33(30)54(3)37-25-15-27-39(44(37)51)57(49)6/h7-27,40H,1-6H3. The molecule has 6 aliphatic heterocycles. The first-order valence-electron chi connectivity index (χ1n) is 20.2. The average Bonchev–Trinajstić information content (AvgIpc) is 3.25. The summed E-state index contributed by atoms with van der Waals surface area (Å²) in [5.74, 6) is 0.0333. The van der Waals surface area contributed by atoms with Crippen LogP contribution in [0.3, 0.4) is 0 Å². The summed E-state index contributed by atoms with van der Waals surface area (Å²) in [6.45, 7) is 0.0667. The van der Waals surface area contributed by atoms with Crippen molar-refractivity contribution in [3.63, 3.8) is 0 Å². The molecular weight excluding hydrogens is 694 g/mol. The molecule has 6 nitrogen and oxygen atoms in total. The van der Waals surface area contributed by atoms with Crippen LogP contribution in [0.1, 0.15) is 22.6 Å². The van der Waals surface area contributed by atoms with Gasteiger partial charge in [0.2, 0.25) is 0 Å².